The quantitative estimate of drug-likeness (QED) is 0.868. The fourth-order valence-corrected chi connectivity index (χ4v) is 3.78. The normalized spacial score (nSPS) is 21.2. The van der Waals surface area contributed by atoms with Crippen molar-refractivity contribution in [3.05, 3.63) is 20.8 Å². The average Bonchev–Trinajstić information content (AvgIpc) is 2.87. The third-order valence-corrected chi connectivity index (χ3v) is 5.11. The second-order valence-electron chi connectivity index (χ2n) is 4.83. The maximum Gasteiger partial charge on any atom is 0.401 e. The van der Waals surface area contributed by atoms with Crippen molar-refractivity contribution in [3.8, 4) is 0 Å². The van der Waals surface area contributed by atoms with E-state index >= 15 is 0 Å². The van der Waals surface area contributed by atoms with Gasteiger partial charge in [0, 0.05) is 22.4 Å². The van der Waals surface area contributed by atoms with Gasteiger partial charge in [-0.1, -0.05) is 0 Å². The van der Waals surface area contributed by atoms with Crippen LogP contribution < -0.4 is 5.32 Å². The molecular formula is C12H16BrF3N2S. The number of nitrogens with one attached hydrogen (secondary N) is 1. The largest absolute Gasteiger partial charge is 0.401 e. The van der Waals surface area contributed by atoms with Crippen molar-refractivity contribution >= 4 is 27.3 Å². The van der Waals surface area contributed by atoms with Crippen molar-refractivity contribution in [2.45, 2.75) is 19.1 Å². The summed E-state index contributed by atoms with van der Waals surface area (Å²) in [5.41, 5.74) is 0. The van der Waals surface area contributed by atoms with E-state index in [1.54, 1.807) is 11.3 Å². The van der Waals surface area contributed by atoms with Gasteiger partial charge in [-0.05, 0) is 52.8 Å². The van der Waals surface area contributed by atoms with Gasteiger partial charge in [-0.3, -0.25) is 4.90 Å². The van der Waals surface area contributed by atoms with Crippen LogP contribution in [0, 0.1) is 5.92 Å². The second-order valence-corrected chi connectivity index (χ2v) is 6.68. The molecule has 1 fully saturated rings. The molecule has 0 aliphatic carbocycles. The number of hydrogen-bond donors (Lipinski definition) is 1. The van der Waals surface area contributed by atoms with Crippen LogP contribution in [0.1, 0.15) is 11.3 Å². The number of halogens is 4. The van der Waals surface area contributed by atoms with Crippen molar-refractivity contribution in [1.82, 2.24) is 10.2 Å². The molecule has 1 N–H and O–H groups in total. The van der Waals surface area contributed by atoms with E-state index in [2.05, 4.69) is 21.2 Å². The van der Waals surface area contributed by atoms with Gasteiger partial charge in [0.05, 0.1) is 6.54 Å². The Morgan fingerprint density at radius 2 is 2.26 bits per heavy atom. The molecule has 1 unspecified atom stereocenters. The molecule has 1 atom stereocenters. The Kier molecular flexibility index (Phi) is 5.28. The Morgan fingerprint density at radius 3 is 2.89 bits per heavy atom. The molecule has 0 saturated carbocycles. The molecule has 0 aromatic carbocycles. The van der Waals surface area contributed by atoms with Gasteiger partial charge in [-0.2, -0.15) is 13.2 Å². The zero-order valence-electron chi connectivity index (χ0n) is 10.3. The number of alkyl halides is 3. The molecule has 1 saturated heterocycles. The first-order chi connectivity index (χ1) is 8.94. The lowest BCUT2D eigenvalue weighted by Crippen LogP contribution is -2.33. The van der Waals surface area contributed by atoms with Gasteiger partial charge in [-0.15, -0.1) is 11.3 Å². The zero-order valence-corrected chi connectivity index (χ0v) is 12.7. The third kappa shape index (κ3) is 5.06. The molecule has 1 aromatic rings. The Hall–Kier alpha value is -0.110. The number of likely N-dealkylation sites (tertiary alicyclic amines) is 1. The van der Waals surface area contributed by atoms with E-state index in [-0.39, 0.29) is 0 Å². The van der Waals surface area contributed by atoms with Crippen molar-refractivity contribution in [2.75, 3.05) is 26.2 Å². The monoisotopic (exact) mass is 356 g/mol. The molecule has 2 rings (SSSR count). The summed E-state index contributed by atoms with van der Waals surface area (Å²) in [4.78, 5) is 2.72. The SMILES string of the molecule is FC(F)(F)CN1CCC(CNCc2sccc2Br)C1. The van der Waals surface area contributed by atoms with Crippen molar-refractivity contribution < 1.29 is 13.2 Å². The van der Waals surface area contributed by atoms with Crippen LogP contribution in [0.5, 0.6) is 0 Å². The lowest BCUT2D eigenvalue weighted by Gasteiger charge is -2.18. The van der Waals surface area contributed by atoms with Crippen LogP contribution >= 0.6 is 27.3 Å². The lowest BCUT2D eigenvalue weighted by atomic mass is 10.1. The van der Waals surface area contributed by atoms with Gasteiger partial charge in [0.1, 0.15) is 0 Å². The highest BCUT2D eigenvalue weighted by Gasteiger charge is 2.34. The molecule has 0 radical (unpaired) electrons. The smallest absolute Gasteiger partial charge is 0.311 e. The van der Waals surface area contributed by atoms with Crippen LogP contribution in [-0.2, 0) is 6.54 Å². The molecule has 1 aliphatic rings. The summed E-state index contributed by atoms with van der Waals surface area (Å²) in [5, 5.41) is 5.34. The van der Waals surface area contributed by atoms with Crippen molar-refractivity contribution in [2.24, 2.45) is 5.92 Å². The van der Waals surface area contributed by atoms with Gasteiger partial charge >= 0.3 is 6.18 Å². The fraction of sp³-hybridized carbons (Fsp3) is 0.667. The van der Waals surface area contributed by atoms with Gasteiger partial charge in [0.15, 0.2) is 0 Å². The highest BCUT2D eigenvalue weighted by molar-refractivity contribution is 9.10. The van der Waals surface area contributed by atoms with E-state index in [9.17, 15) is 13.2 Å². The average molecular weight is 357 g/mol. The topological polar surface area (TPSA) is 15.3 Å². The number of hydrogen-bond acceptors (Lipinski definition) is 3. The molecular weight excluding hydrogens is 341 g/mol. The van der Waals surface area contributed by atoms with Crippen LogP contribution in [0.3, 0.4) is 0 Å². The minimum Gasteiger partial charge on any atom is -0.311 e. The first-order valence-electron chi connectivity index (χ1n) is 6.16. The molecule has 108 valence electrons. The third-order valence-electron chi connectivity index (χ3n) is 3.18. The highest BCUT2D eigenvalue weighted by atomic mass is 79.9. The van der Waals surface area contributed by atoms with Gasteiger partial charge < -0.3 is 5.32 Å². The first kappa shape index (κ1) is 15.3. The predicted molar refractivity (Wildman–Crippen MR) is 74.3 cm³/mol. The molecule has 0 amide bonds. The Bertz CT molecular complexity index is 408. The predicted octanol–water partition coefficient (Wildman–Crippen LogP) is 3.48. The van der Waals surface area contributed by atoms with E-state index < -0.39 is 12.7 Å². The summed E-state index contributed by atoms with van der Waals surface area (Å²) in [7, 11) is 0. The van der Waals surface area contributed by atoms with E-state index in [1.165, 1.54) is 9.78 Å². The number of rotatable bonds is 5. The lowest BCUT2D eigenvalue weighted by molar-refractivity contribution is -0.143. The maximum absolute atomic E-state index is 12.3. The van der Waals surface area contributed by atoms with Crippen LogP contribution in [0.2, 0.25) is 0 Å². The Labute approximate surface area is 123 Å². The second kappa shape index (κ2) is 6.56. The molecule has 7 heteroatoms. The fourth-order valence-electron chi connectivity index (χ4n) is 2.32. The van der Waals surface area contributed by atoms with E-state index in [4.69, 9.17) is 0 Å². The molecule has 1 aliphatic heterocycles. The van der Waals surface area contributed by atoms with Crippen LogP contribution in [0.4, 0.5) is 13.2 Å². The summed E-state index contributed by atoms with van der Waals surface area (Å²) in [6.45, 7) is 1.86. The van der Waals surface area contributed by atoms with Gasteiger partial charge in [-0.25, -0.2) is 0 Å². The van der Waals surface area contributed by atoms with E-state index in [1.807, 2.05) is 11.4 Å². The summed E-state index contributed by atoms with van der Waals surface area (Å²) in [6.07, 6.45) is -3.24. The van der Waals surface area contributed by atoms with Crippen LogP contribution in [0.25, 0.3) is 0 Å². The molecule has 1 aromatic heterocycles. The minimum atomic E-state index is -4.08. The Morgan fingerprint density at radius 1 is 1.47 bits per heavy atom. The molecule has 0 spiro atoms. The van der Waals surface area contributed by atoms with Crippen LogP contribution in [0.15, 0.2) is 15.9 Å². The molecule has 19 heavy (non-hydrogen) atoms. The molecule has 2 heterocycles. The maximum atomic E-state index is 12.3. The van der Waals surface area contributed by atoms with Crippen LogP contribution in [-0.4, -0.2) is 37.3 Å². The summed E-state index contributed by atoms with van der Waals surface area (Å²) in [5.74, 6) is 0.320. The highest BCUT2D eigenvalue weighted by Crippen LogP contribution is 2.24. The summed E-state index contributed by atoms with van der Waals surface area (Å²) >= 11 is 5.13. The van der Waals surface area contributed by atoms with Gasteiger partial charge in [0.25, 0.3) is 0 Å². The number of nitrogens with zero attached hydrogens (tertiary/aromatic N) is 1. The summed E-state index contributed by atoms with van der Waals surface area (Å²) in [6, 6.07) is 2.00. The zero-order chi connectivity index (χ0) is 13.9. The van der Waals surface area contributed by atoms with Crippen molar-refractivity contribution in [1.29, 1.82) is 0 Å². The standard InChI is InChI=1S/C12H16BrF3N2S/c13-10-2-4-19-11(10)6-17-5-9-1-3-18(7-9)8-12(14,15)16/h2,4,9,17H,1,3,5-8H2. The summed E-state index contributed by atoms with van der Waals surface area (Å²) < 4.78 is 37.9. The van der Waals surface area contributed by atoms with E-state index in [0.717, 1.165) is 24.0 Å². The Balaban J connectivity index is 1.67. The minimum absolute atomic E-state index is 0.320. The van der Waals surface area contributed by atoms with Crippen molar-refractivity contribution in [3.63, 3.8) is 0 Å². The van der Waals surface area contributed by atoms with Gasteiger partial charge in [0.2, 0.25) is 0 Å². The van der Waals surface area contributed by atoms with E-state index in [0.29, 0.717) is 19.0 Å². The number of thiophene rings is 1. The molecule has 0 bridgehead atoms. The molecule has 2 nitrogen and oxygen atoms in total. The first-order valence-corrected chi connectivity index (χ1v) is 7.83.